The van der Waals surface area contributed by atoms with Crippen LogP contribution in [-0.4, -0.2) is 44.7 Å². The molecule has 0 bridgehead atoms. The molecule has 4 aliphatic rings. The van der Waals surface area contributed by atoms with Crippen LogP contribution in [0.2, 0.25) is 0 Å². The molecule has 166 valence electrons. The molecule has 4 N–H and O–H groups in total. The second kappa shape index (κ2) is 7.49. The third-order valence-corrected chi connectivity index (χ3v) is 10.3. The van der Waals surface area contributed by atoms with Gasteiger partial charge in [-0.25, -0.2) is 0 Å². The Kier molecular flexibility index (Phi) is 5.57. The van der Waals surface area contributed by atoms with Gasteiger partial charge in [-0.3, -0.25) is 4.79 Å². The van der Waals surface area contributed by atoms with Gasteiger partial charge in [-0.05, 0) is 97.7 Å². The molecule has 1 unspecified atom stereocenters. The summed E-state index contributed by atoms with van der Waals surface area (Å²) in [5.41, 5.74) is 0.119. The largest absolute Gasteiger partial charge is 0.481 e. The summed E-state index contributed by atoms with van der Waals surface area (Å²) in [5.74, 6) is 1.06. The third-order valence-electron chi connectivity index (χ3n) is 10.3. The van der Waals surface area contributed by atoms with Gasteiger partial charge >= 0.3 is 5.97 Å². The average Bonchev–Trinajstić information content (AvgIpc) is 3.02. The highest BCUT2D eigenvalue weighted by Crippen LogP contribution is 2.68. The first-order valence-corrected chi connectivity index (χ1v) is 11.9. The maximum atomic E-state index is 11.3. The number of fused-ring (bicyclic) bond motifs is 5. The van der Waals surface area contributed by atoms with Gasteiger partial charge in [0.1, 0.15) is 0 Å². The van der Waals surface area contributed by atoms with E-state index in [0.29, 0.717) is 30.1 Å². The molecule has 4 saturated carbocycles. The van der Waals surface area contributed by atoms with Crippen LogP contribution in [0.3, 0.4) is 0 Å². The Morgan fingerprint density at radius 2 is 1.59 bits per heavy atom. The molecule has 5 nitrogen and oxygen atoms in total. The molecule has 4 aliphatic carbocycles. The van der Waals surface area contributed by atoms with Crippen molar-refractivity contribution in [3.63, 3.8) is 0 Å². The number of carboxylic acid groups (broad SMARTS) is 1. The molecule has 4 fully saturated rings. The van der Waals surface area contributed by atoms with Gasteiger partial charge in [-0.1, -0.05) is 20.8 Å². The normalized spacial score (nSPS) is 52.9. The first kappa shape index (κ1) is 21.6. The van der Waals surface area contributed by atoms with E-state index in [-0.39, 0.29) is 35.2 Å². The zero-order valence-electron chi connectivity index (χ0n) is 18.3. The second-order valence-electron chi connectivity index (χ2n) is 11.5. The summed E-state index contributed by atoms with van der Waals surface area (Å²) in [6.45, 7) is 6.89. The molecule has 0 aromatic carbocycles. The first-order valence-electron chi connectivity index (χ1n) is 11.9. The molecule has 5 heteroatoms. The van der Waals surface area contributed by atoms with Gasteiger partial charge in [-0.15, -0.1) is 0 Å². The van der Waals surface area contributed by atoms with Crippen LogP contribution >= 0.6 is 0 Å². The van der Waals surface area contributed by atoms with Gasteiger partial charge in [0.15, 0.2) is 0 Å². The van der Waals surface area contributed by atoms with Crippen LogP contribution in [0, 0.1) is 46.3 Å². The maximum absolute atomic E-state index is 11.3. The minimum Gasteiger partial charge on any atom is -0.481 e. The summed E-state index contributed by atoms with van der Waals surface area (Å²) < 4.78 is 0. The van der Waals surface area contributed by atoms with Crippen LogP contribution in [0.5, 0.6) is 0 Å². The number of carboxylic acids is 1. The summed E-state index contributed by atoms with van der Waals surface area (Å²) in [7, 11) is 0. The number of aliphatic carboxylic acids is 1. The van der Waals surface area contributed by atoms with Crippen LogP contribution in [0.1, 0.15) is 78.6 Å². The zero-order chi connectivity index (χ0) is 21.1. The highest BCUT2D eigenvalue weighted by molar-refractivity contribution is 5.66. The van der Waals surface area contributed by atoms with Crippen molar-refractivity contribution in [2.75, 3.05) is 0 Å². The molecule has 11 atom stereocenters. The van der Waals surface area contributed by atoms with E-state index in [0.717, 1.165) is 44.9 Å². The summed E-state index contributed by atoms with van der Waals surface area (Å²) in [6, 6.07) is 0. The lowest BCUT2D eigenvalue weighted by Gasteiger charge is -2.63. The Labute approximate surface area is 174 Å². The molecule has 0 amide bonds. The summed E-state index contributed by atoms with van der Waals surface area (Å²) in [5, 5.41) is 41.7. The van der Waals surface area contributed by atoms with Crippen LogP contribution in [-0.2, 0) is 4.79 Å². The lowest BCUT2D eigenvalue weighted by atomic mass is 9.43. The fraction of sp³-hybridized carbons (Fsp3) is 0.958. The monoisotopic (exact) mass is 408 g/mol. The van der Waals surface area contributed by atoms with Crippen LogP contribution in [0.25, 0.3) is 0 Å². The van der Waals surface area contributed by atoms with Crippen LogP contribution < -0.4 is 0 Å². The molecule has 0 heterocycles. The molecule has 0 aromatic rings. The third kappa shape index (κ3) is 3.27. The number of rotatable bonds is 4. The van der Waals surface area contributed by atoms with Crippen molar-refractivity contribution in [1.29, 1.82) is 0 Å². The highest BCUT2D eigenvalue weighted by atomic mass is 16.4. The van der Waals surface area contributed by atoms with E-state index >= 15 is 0 Å². The fourth-order valence-electron chi connectivity index (χ4n) is 8.77. The van der Waals surface area contributed by atoms with E-state index in [1.165, 1.54) is 0 Å². The maximum Gasteiger partial charge on any atom is 0.303 e. The van der Waals surface area contributed by atoms with Crippen molar-refractivity contribution < 1.29 is 25.2 Å². The molecule has 4 rings (SSSR count). The molecule has 29 heavy (non-hydrogen) atoms. The van der Waals surface area contributed by atoms with E-state index < -0.39 is 18.2 Å². The highest BCUT2D eigenvalue weighted by Gasteiger charge is 2.65. The van der Waals surface area contributed by atoms with E-state index in [2.05, 4.69) is 20.8 Å². The minimum absolute atomic E-state index is 0.00309. The van der Waals surface area contributed by atoms with Gasteiger partial charge < -0.3 is 20.4 Å². The van der Waals surface area contributed by atoms with E-state index in [1.807, 2.05) is 0 Å². The average molecular weight is 409 g/mol. The van der Waals surface area contributed by atoms with Crippen molar-refractivity contribution in [2.24, 2.45) is 46.3 Å². The fourth-order valence-corrected chi connectivity index (χ4v) is 8.77. The topological polar surface area (TPSA) is 98.0 Å². The van der Waals surface area contributed by atoms with Crippen LogP contribution in [0.15, 0.2) is 0 Å². The Morgan fingerprint density at radius 3 is 2.28 bits per heavy atom. The summed E-state index contributed by atoms with van der Waals surface area (Å²) >= 11 is 0. The number of aliphatic hydroxyl groups excluding tert-OH is 3. The van der Waals surface area contributed by atoms with Gasteiger partial charge in [0.2, 0.25) is 0 Å². The van der Waals surface area contributed by atoms with E-state index in [1.54, 1.807) is 0 Å². The molecule has 0 aliphatic heterocycles. The Balaban J connectivity index is 1.59. The standard InChI is InChI=1S/C24H40O5/c1-13(4-7-19(26)27)15-5-6-16-20-17(9-11-23(15,16)2)24(3)10-8-14(25)12-18(24)21(28)22(20)29/h13-18,20-22,25,28-29H,4-12H2,1-3H3,(H,26,27)/t13-,14-,15-,16+,17+,18+,20?,21-,22+,23-,24-/m1/s1. The van der Waals surface area contributed by atoms with Crippen molar-refractivity contribution in [1.82, 2.24) is 0 Å². The molecular formula is C24H40O5. The predicted octanol–water partition coefficient (Wildman–Crippen LogP) is 3.45. The van der Waals surface area contributed by atoms with E-state index in [9.17, 15) is 20.1 Å². The number of aliphatic hydroxyl groups is 3. The van der Waals surface area contributed by atoms with Crippen molar-refractivity contribution >= 4 is 5.97 Å². The molecule has 0 radical (unpaired) electrons. The quantitative estimate of drug-likeness (QED) is 0.571. The number of hydrogen-bond donors (Lipinski definition) is 4. The Morgan fingerprint density at radius 1 is 0.931 bits per heavy atom. The van der Waals surface area contributed by atoms with Gasteiger partial charge in [-0.2, -0.15) is 0 Å². The lowest BCUT2D eigenvalue weighted by Crippen LogP contribution is -2.64. The molecule has 0 saturated heterocycles. The Hall–Kier alpha value is -0.650. The van der Waals surface area contributed by atoms with Crippen molar-refractivity contribution in [3.8, 4) is 0 Å². The predicted molar refractivity (Wildman–Crippen MR) is 110 cm³/mol. The SMILES string of the molecule is C[C@H](CCC(=O)O)[C@H]1CC[C@H]2C3[C@H](O)[C@H](O)[C@@H]4C[C@H](O)CC[C@]4(C)[C@H]3CC[C@]12C. The Bertz CT molecular complexity index is 637. The smallest absolute Gasteiger partial charge is 0.303 e. The lowest BCUT2D eigenvalue weighted by molar-refractivity contribution is -0.223. The molecule has 0 spiro atoms. The van der Waals surface area contributed by atoms with Gasteiger partial charge in [0, 0.05) is 6.42 Å². The van der Waals surface area contributed by atoms with Crippen molar-refractivity contribution in [3.05, 3.63) is 0 Å². The summed E-state index contributed by atoms with van der Waals surface area (Å²) in [6.07, 6.45) is 5.87. The first-order chi connectivity index (χ1) is 13.6. The van der Waals surface area contributed by atoms with Gasteiger partial charge in [0.05, 0.1) is 18.3 Å². The zero-order valence-corrected chi connectivity index (χ0v) is 18.3. The summed E-state index contributed by atoms with van der Waals surface area (Å²) in [4.78, 5) is 11.1. The number of carbonyl (C=O) groups is 1. The minimum atomic E-state index is -0.748. The van der Waals surface area contributed by atoms with Gasteiger partial charge in [0.25, 0.3) is 0 Å². The second-order valence-corrected chi connectivity index (χ2v) is 11.5. The number of hydrogen-bond acceptors (Lipinski definition) is 4. The molecule has 0 aromatic heterocycles. The van der Waals surface area contributed by atoms with Crippen molar-refractivity contribution in [2.45, 2.75) is 96.9 Å². The van der Waals surface area contributed by atoms with Crippen LogP contribution in [0.4, 0.5) is 0 Å². The van der Waals surface area contributed by atoms with E-state index in [4.69, 9.17) is 5.11 Å². The molecular weight excluding hydrogens is 368 g/mol.